The first-order valence-electron chi connectivity index (χ1n) is 10.3. The van der Waals surface area contributed by atoms with Gasteiger partial charge < -0.3 is 18.8 Å². The van der Waals surface area contributed by atoms with Gasteiger partial charge in [-0.2, -0.15) is 0 Å². The Morgan fingerprint density at radius 1 is 1.07 bits per heavy atom. The molecule has 0 aliphatic rings. The van der Waals surface area contributed by atoms with Gasteiger partial charge in [-0.3, -0.25) is 14.6 Å². The number of aromatic amines is 1. The van der Waals surface area contributed by atoms with E-state index in [1.807, 2.05) is 20.8 Å². The molecule has 0 bridgehead atoms. The summed E-state index contributed by atoms with van der Waals surface area (Å²) in [5.41, 5.74) is -1.30. The molecule has 0 saturated carbocycles. The quantitative estimate of drug-likeness (QED) is 0.371. The van der Waals surface area contributed by atoms with Crippen LogP contribution in [0.3, 0.4) is 0 Å². The summed E-state index contributed by atoms with van der Waals surface area (Å²) in [4.78, 5) is 37.2. The van der Waals surface area contributed by atoms with Crippen molar-refractivity contribution in [2.75, 3.05) is 33.0 Å². The smallest absolute Gasteiger partial charge is 0.328 e. The third-order valence-electron chi connectivity index (χ3n) is 4.99. The highest BCUT2D eigenvalue weighted by Crippen LogP contribution is 2.35. The van der Waals surface area contributed by atoms with Gasteiger partial charge in [-0.25, -0.2) is 4.79 Å². The number of aryl methyl sites for hydroxylation is 1. The van der Waals surface area contributed by atoms with Crippen molar-refractivity contribution >= 4 is 5.97 Å². The summed E-state index contributed by atoms with van der Waals surface area (Å²) in [7, 11) is 0. The molecule has 8 nitrogen and oxygen atoms in total. The molecule has 1 atom stereocenters. The van der Waals surface area contributed by atoms with Crippen LogP contribution in [-0.2, 0) is 25.5 Å². The summed E-state index contributed by atoms with van der Waals surface area (Å²) in [5, 5.41) is 0. The second-order valence-electron chi connectivity index (χ2n) is 8.19. The molecule has 1 N–H and O–H groups in total. The van der Waals surface area contributed by atoms with E-state index in [1.54, 1.807) is 0 Å². The minimum Gasteiger partial charge on any atom is -0.463 e. The predicted molar refractivity (Wildman–Crippen MR) is 111 cm³/mol. The van der Waals surface area contributed by atoms with Gasteiger partial charge in [0, 0.05) is 25.4 Å². The number of esters is 1. The lowest BCUT2D eigenvalue weighted by Crippen LogP contribution is -2.37. The first-order valence-corrected chi connectivity index (χ1v) is 10.3. The molecule has 0 radical (unpaired) electrons. The van der Waals surface area contributed by atoms with Crippen LogP contribution in [0.15, 0.2) is 21.9 Å². The number of hydrogen-bond donors (Lipinski definition) is 1. The summed E-state index contributed by atoms with van der Waals surface area (Å²) in [5.74, 6) is 0.461. The van der Waals surface area contributed by atoms with Crippen molar-refractivity contribution in [2.24, 2.45) is 17.3 Å². The molecular weight excluding hydrogens is 376 g/mol. The molecule has 0 amide bonds. The van der Waals surface area contributed by atoms with Crippen LogP contribution < -0.4 is 11.2 Å². The van der Waals surface area contributed by atoms with Gasteiger partial charge in [-0.05, 0) is 31.6 Å². The van der Waals surface area contributed by atoms with Gasteiger partial charge in [0.05, 0.1) is 25.2 Å². The van der Waals surface area contributed by atoms with E-state index in [4.69, 9.17) is 14.2 Å². The van der Waals surface area contributed by atoms with E-state index < -0.39 is 16.7 Å². The Labute approximate surface area is 172 Å². The molecule has 8 heteroatoms. The van der Waals surface area contributed by atoms with Crippen LogP contribution in [0, 0.1) is 17.3 Å². The van der Waals surface area contributed by atoms with Crippen molar-refractivity contribution in [3.63, 3.8) is 0 Å². The van der Waals surface area contributed by atoms with E-state index in [-0.39, 0.29) is 18.5 Å². The Morgan fingerprint density at radius 3 is 2.28 bits per heavy atom. The average Bonchev–Trinajstić information content (AvgIpc) is 2.63. The fraction of sp³-hybridized carbons (Fsp3) is 0.762. The Balaban J connectivity index is 2.11. The molecule has 0 fully saturated rings. The van der Waals surface area contributed by atoms with Crippen molar-refractivity contribution < 1.29 is 19.0 Å². The molecule has 29 heavy (non-hydrogen) atoms. The fourth-order valence-corrected chi connectivity index (χ4v) is 3.04. The van der Waals surface area contributed by atoms with Crippen LogP contribution in [0.5, 0.6) is 0 Å². The van der Waals surface area contributed by atoms with Crippen LogP contribution in [-0.4, -0.2) is 48.6 Å². The normalized spacial score (nSPS) is 13.6. The summed E-state index contributed by atoms with van der Waals surface area (Å²) < 4.78 is 17.7. The molecule has 0 aliphatic heterocycles. The van der Waals surface area contributed by atoms with Crippen molar-refractivity contribution in [2.45, 2.75) is 54.0 Å². The van der Waals surface area contributed by atoms with Gasteiger partial charge in [0.2, 0.25) is 0 Å². The number of nitrogens with zero attached hydrogens (tertiary/aromatic N) is 1. The molecule has 0 saturated heterocycles. The fourth-order valence-electron chi connectivity index (χ4n) is 3.04. The van der Waals surface area contributed by atoms with Crippen molar-refractivity contribution in [3.8, 4) is 0 Å². The summed E-state index contributed by atoms with van der Waals surface area (Å²) in [6, 6.07) is 1.31. The van der Waals surface area contributed by atoms with E-state index in [0.717, 1.165) is 6.42 Å². The molecule has 1 aromatic rings. The van der Waals surface area contributed by atoms with Crippen LogP contribution >= 0.6 is 0 Å². The van der Waals surface area contributed by atoms with Crippen molar-refractivity contribution in [3.05, 3.63) is 33.1 Å². The van der Waals surface area contributed by atoms with Gasteiger partial charge in [-0.15, -0.1) is 0 Å². The number of H-pyrrole nitrogens is 1. The lowest BCUT2D eigenvalue weighted by atomic mass is 9.73. The highest BCUT2D eigenvalue weighted by molar-refractivity contribution is 5.76. The molecular formula is C21H36N2O6. The van der Waals surface area contributed by atoms with Gasteiger partial charge in [-0.1, -0.05) is 27.7 Å². The predicted octanol–water partition coefficient (Wildman–Crippen LogP) is 2.21. The third-order valence-corrected chi connectivity index (χ3v) is 4.99. The maximum absolute atomic E-state index is 12.5. The van der Waals surface area contributed by atoms with Crippen LogP contribution in [0.1, 0.15) is 47.5 Å². The molecule has 1 heterocycles. The molecule has 0 aliphatic carbocycles. The maximum Gasteiger partial charge on any atom is 0.328 e. The number of ether oxygens (including phenoxy) is 3. The third kappa shape index (κ3) is 8.95. The van der Waals surface area contributed by atoms with Gasteiger partial charge in [0.15, 0.2) is 0 Å². The number of hydrogen-bond acceptors (Lipinski definition) is 6. The minimum atomic E-state index is -0.481. The summed E-state index contributed by atoms with van der Waals surface area (Å²) >= 11 is 0. The Kier molecular flexibility index (Phi) is 10.9. The number of carbonyl (C=O) groups is 1. The highest BCUT2D eigenvalue weighted by atomic mass is 16.6. The van der Waals surface area contributed by atoms with E-state index in [2.05, 4.69) is 18.8 Å². The number of aromatic nitrogens is 2. The standard InChI is InChI=1S/C21H36N2O6/c1-16(2)15-21(5,17(3)4)19(25)29-14-13-28-12-11-27-10-6-8-23-9-7-18(24)22-20(23)26/h7,9,16-17H,6,8,10-15H2,1-5H3,(H,22,24,26). The van der Waals surface area contributed by atoms with E-state index >= 15 is 0 Å². The van der Waals surface area contributed by atoms with Crippen molar-refractivity contribution in [1.82, 2.24) is 9.55 Å². The molecule has 1 aromatic heterocycles. The zero-order valence-corrected chi connectivity index (χ0v) is 18.4. The first-order chi connectivity index (χ1) is 13.7. The molecule has 1 rings (SSSR count). The van der Waals surface area contributed by atoms with Crippen LogP contribution in [0.2, 0.25) is 0 Å². The van der Waals surface area contributed by atoms with Gasteiger partial charge in [0.1, 0.15) is 6.61 Å². The molecule has 166 valence electrons. The van der Waals surface area contributed by atoms with E-state index in [9.17, 15) is 14.4 Å². The Hall–Kier alpha value is -1.93. The topological polar surface area (TPSA) is 99.6 Å². The van der Waals surface area contributed by atoms with E-state index in [1.165, 1.54) is 16.8 Å². The largest absolute Gasteiger partial charge is 0.463 e. The lowest BCUT2D eigenvalue weighted by Gasteiger charge is -2.32. The lowest BCUT2D eigenvalue weighted by molar-refractivity contribution is -0.160. The number of carbonyl (C=O) groups excluding carboxylic acids is 1. The van der Waals surface area contributed by atoms with Crippen LogP contribution in [0.25, 0.3) is 0 Å². The van der Waals surface area contributed by atoms with Gasteiger partial charge >= 0.3 is 11.7 Å². The molecule has 1 unspecified atom stereocenters. The summed E-state index contributed by atoms with van der Waals surface area (Å²) in [6.07, 6.45) is 2.91. The Morgan fingerprint density at radius 2 is 1.69 bits per heavy atom. The second kappa shape index (κ2) is 12.6. The molecule has 0 spiro atoms. The average molecular weight is 413 g/mol. The highest BCUT2D eigenvalue weighted by Gasteiger charge is 2.38. The SMILES string of the molecule is CC(C)CC(C)(C(=O)OCCOCCOCCCn1ccc(=O)[nH]c1=O)C(C)C. The number of nitrogens with one attached hydrogen (secondary N) is 1. The molecule has 0 aromatic carbocycles. The monoisotopic (exact) mass is 412 g/mol. The summed E-state index contributed by atoms with van der Waals surface area (Å²) in [6.45, 7) is 12.6. The van der Waals surface area contributed by atoms with E-state index in [0.29, 0.717) is 45.3 Å². The van der Waals surface area contributed by atoms with Crippen LogP contribution in [0.4, 0.5) is 0 Å². The Bertz CT molecular complexity index is 724. The minimum absolute atomic E-state index is 0.168. The maximum atomic E-state index is 12.5. The zero-order chi connectivity index (χ0) is 21.9. The van der Waals surface area contributed by atoms with Gasteiger partial charge in [0.25, 0.3) is 5.56 Å². The first kappa shape index (κ1) is 25.1. The number of rotatable bonds is 14. The zero-order valence-electron chi connectivity index (χ0n) is 18.4. The second-order valence-corrected chi connectivity index (χ2v) is 8.19. The van der Waals surface area contributed by atoms with Crippen molar-refractivity contribution in [1.29, 1.82) is 0 Å².